The van der Waals surface area contributed by atoms with Crippen molar-refractivity contribution in [1.82, 2.24) is 14.3 Å². The smallest absolute Gasteiger partial charge is 0.275 e. The van der Waals surface area contributed by atoms with E-state index in [9.17, 15) is 4.79 Å². The van der Waals surface area contributed by atoms with Gasteiger partial charge in [0.1, 0.15) is 0 Å². The molecular weight excluding hydrogens is 294 g/mol. The largest absolute Gasteiger partial charge is 0.331 e. The molecule has 0 radical (unpaired) electrons. The Kier molecular flexibility index (Phi) is 3.40. The maximum atomic E-state index is 13.2. The standard InChI is InChI=1S/C17H21N3OS/c1-11(12-6-7-12)20(13-8-9-13)16(21)15-14-5-3-4-10-19(14)17(18-15)22-2/h3-5,10-13H,6-9H2,1-2H3/t11-/m1/s1. The van der Waals surface area contributed by atoms with Crippen molar-refractivity contribution in [2.75, 3.05) is 6.26 Å². The van der Waals surface area contributed by atoms with Crippen LogP contribution in [0.5, 0.6) is 0 Å². The van der Waals surface area contributed by atoms with Gasteiger partial charge in [-0.3, -0.25) is 9.20 Å². The van der Waals surface area contributed by atoms with Gasteiger partial charge in [-0.15, -0.1) is 0 Å². The Labute approximate surface area is 134 Å². The molecular formula is C17H21N3OS. The van der Waals surface area contributed by atoms with Gasteiger partial charge in [-0.2, -0.15) is 0 Å². The summed E-state index contributed by atoms with van der Waals surface area (Å²) in [4.78, 5) is 19.9. The van der Waals surface area contributed by atoms with Gasteiger partial charge in [0, 0.05) is 18.3 Å². The molecule has 0 saturated heterocycles. The van der Waals surface area contributed by atoms with E-state index in [-0.39, 0.29) is 5.91 Å². The first-order valence-corrected chi connectivity index (χ1v) is 9.27. The third-order valence-corrected chi connectivity index (χ3v) is 5.47. The summed E-state index contributed by atoms with van der Waals surface area (Å²) in [5.41, 5.74) is 1.54. The molecule has 4 rings (SSSR count). The average molecular weight is 315 g/mol. The van der Waals surface area contributed by atoms with Crippen molar-refractivity contribution in [3.05, 3.63) is 30.1 Å². The van der Waals surface area contributed by atoms with Crippen LogP contribution in [-0.4, -0.2) is 38.5 Å². The molecule has 0 spiro atoms. The number of hydrogen-bond donors (Lipinski definition) is 0. The van der Waals surface area contributed by atoms with Crippen LogP contribution in [0.2, 0.25) is 0 Å². The number of aromatic nitrogens is 2. The number of thioether (sulfide) groups is 1. The molecule has 1 atom stereocenters. The zero-order valence-electron chi connectivity index (χ0n) is 13.0. The lowest BCUT2D eigenvalue weighted by atomic mass is 10.1. The van der Waals surface area contributed by atoms with Crippen molar-refractivity contribution in [3.63, 3.8) is 0 Å². The lowest BCUT2D eigenvalue weighted by molar-refractivity contribution is 0.0650. The monoisotopic (exact) mass is 315 g/mol. The number of amides is 1. The summed E-state index contributed by atoms with van der Waals surface area (Å²) >= 11 is 1.58. The van der Waals surface area contributed by atoms with Crippen LogP contribution < -0.4 is 0 Å². The van der Waals surface area contributed by atoms with E-state index in [2.05, 4.69) is 16.8 Å². The third-order valence-electron chi connectivity index (χ3n) is 4.82. The molecule has 116 valence electrons. The number of rotatable bonds is 5. The molecule has 2 aromatic rings. The number of carbonyl (C=O) groups is 1. The highest BCUT2D eigenvalue weighted by atomic mass is 32.2. The molecule has 0 unspecified atom stereocenters. The average Bonchev–Trinajstić information content (AvgIpc) is 3.43. The van der Waals surface area contributed by atoms with E-state index in [0.29, 0.717) is 23.7 Å². The minimum atomic E-state index is 0.117. The molecule has 2 fully saturated rings. The van der Waals surface area contributed by atoms with Crippen LogP contribution in [0.15, 0.2) is 29.6 Å². The Morgan fingerprint density at radius 2 is 2.14 bits per heavy atom. The quantitative estimate of drug-likeness (QED) is 0.793. The second-order valence-electron chi connectivity index (χ2n) is 6.42. The summed E-state index contributed by atoms with van der Waals surface area (Å²) < 4.78 is 2.02. The summed E-state index contributed by atoms with van der Waals surface area (Å²) in [7, 11) is 0. The summed E-state index contributed by atoms with van der Waals surface area (Å²) in [6, 6.07) is 6.73. The molecule has 0 bridgehead atoms. The number of hydrogen-bond acceptors (Lipinski definition) is 3. The second kappa shape index (κ2) is 5.30. The molecule has 0 N–H and O–H groups in total. The molecule has 4 nitrogen and oxygen atoms in total. The summed E-state index contributed by atoms with van der Waals surface area (Å²) in [5, 5.41) is 0.883. The second-order valence-corrected chi connectivity index (χ2v) is 7.20. The maximum absolute atomic E-state index is 13.2. The van der Waals surface area contributed by atoms with Crippen molar-refractivity contribution >= 4 is 23.2 Å². The Morgan fingerprint density at radius 1 is 1.36 bits per heavy atom. The topological polar surface area (TPSA) is 37.6 Å². The Balaban J connectivity index is 1.74. The van der Waals surface area contributed by atoms with Crippen molar-refractivity contribution in [2.24, 2.45) is 5.92 Å². The van der Waals surface area contributed by atoms with Crippen molar-refractivity contribution in [2.45, 2.75) is 49.8 Å². The number of nitrogens with zero attached hydrogens (tertiary/aromatic N) is 3. The van der Waals surface area contributed by atoms with E-state index in [4.69, 9.17) is 0 Å². The highest BCUT2D eigenvalue weighted by Crippen LogP contribution is 2.40. The fourth-order valence-electron chi connectivity index (χ4n) is 3.28. The fraction of sp³-hybridized carbons (Fsp3) is 0.529. The molecule has 0 aromatic carbocycles. The Hall–Kier alpha value is -1.49. The molecule has 2 aliphatic rings. The molecule has 22 heavy (non-hydrogen) atoms. The van der Waals surface area contributed by atoms with Crippen LogP contribution >= 0.6 is 11.8 Å². The van der Waals surface area contributed by atoms with Crippen LogP contribution in [0, 0.1) is 5.92 Å². The molecule has 2 saturated carbocycles. The molecule has 5 heteroatoms. The number of pyridine rings is 1. The van der Waals surface area contributed by atoms with Crippen LogP contribution in [0.4, 0.5) is 0 Å². The Bertz CT molecular complexity index is 718. The van der Waals surface area contributed by atoms with Crippen LogP contribution in [0.25, 0.3) is 5.52 Å². The summed E-state index contributed by atoms with van der Waals surface area (Å²) in [6.45, 7) is 2.21. The minimum absolute atomic E-state index is 0.117. The minimum Gasteiger partial charge on any atom is -0.331 e. The molecule has 2 heterocycles. The predicted octanol–water partition coefficient (Wildman–Crippen LogP) is 3.46. The van der Waals surface area contributed by atoms with Gasteiger partial charge in [-0.05, 0) is 56.9 Å². The van der Waals surface area contributed by atoms with Gasteiger partial charge >= 0.3 is 0 Å². The number of imidazole rings is 1. The fourth-order valence-corrected chi connectivity index (χ4v) is 3.81. The van der Waals surface area contributed by atoms with E-state index < -0.39 is 0 Å². The van der Waals surface area contributed by atoms with Crippen molar-refractivity contribution < 1.29 is 4.79 Å². The zero-order chi connectivity index (χ0) is 15.3. The van der Waals surface area contributed by atoms with E-state index in [1.165, 1.54) is 12.8 Å². The van der Waals surface area contributed by atoms with Gasteiger partial charge < -0.3 is 4.90 Å². The molecule has 2 aromatic heterocycles. The van der Waals surface area contributed by atoms with Crippen molar-refractivity contribution in [3.8, 4) is 0 Å². The highest BCUT2D eigenvalue weighted by Gasteiger charge is 2.42. The van der Waals surface area contributed by atoms with Crippen LogP contribution in [0.1, 0.15) is 43.1 Å². The first kappa shape index (κ1) is 14.1. The lowest BCUT2D eigenvalue weighted by Crippen LogP contribution is -2.41. The maximum Gasteiger partial charge on any atom is 0.275 e. The first-order valence-electron chi connectivity index (χ1n) is 8.04. The van der Waals surface area contributed by atoms with E-state index >= 15 is 0 Å². The van der Waals surface area contributed by atoms with Gasteiger partial charge in [0.05, 0.1) is 5.52 Å². The van der Waals surface area contributed by atoms with Crippen LogP contribution in [0.3, 0.4) is 0 Å². The van der Waals surface area contributed by atoms with Gasteiger partial charge in [0.25, 0.3) is 5.91 Å². The first-order chi connectivity index (χ1) is 10.7. The third kappa shape index (κ3) is 2.32. The lowest BCUT2D eigenvalue weighted by Gasteiger charge is -2.29. The van der Waals surface area contributed by atoms with E-state index in [0.717, 1.165) is 23.5 Å². The molecule has 1 amide bonds. The number of carbonyl (C=O) groups excluding carboxylic acids is 1. The van der Waals surface area contributed by atoms with Crippen molar-refractivity contribution in [1.29, 1.82) is 0 Å². The molecule has 2 aliphatic carbocycles. The van der Waals surface area contributed by atoms with Gasteiger partial charge in [-0.1, -0.05) is 17.8 Å². The summed E-state index contributed by atoms with van der Waals surface area (Å²) in [6.07, 6.45) is 8.79. The number of fused-ring (bicyclic) bond motifs is 1. The zero-order valence-corrected chi connectivity index (χ0v) is 13.8. The van der Waals surface area contributed by atoms with E-state index in [1.54, 1.807) is 11.8 Å². The van der Waals surface area contributed by atoms with Gasteiger partial charge in [-0.25, -0.2) is 4.98 Å². The SMILES string of the molecule is CSc1nc(C(=O)N(C2CC2)[C@H](C)C2CC2)c2ccccn12. The van der Waals surface area contributed by atoms with Crippen LogP contribution in [-0.2, 0) is 0 Å². The summed E-state index contributed by atoms with van der Waals surface area (Å²) in [5.74, 6) is 0.810. The predicted molar refractivity (Wildman–Crippen MR) is 88.4 cm³/mol. The molecule has 0 aliphatic heterocycles. The normalized spacial score (nSPS) is 19.4. The van der Waals surface area contributed by atoms with Gasteiger partial charge in [0.2, 0.25) is 0 Å². The van der Waals surface area contributed by atoms with E-state index in [1.807, 2.05) is 35.1 Å². The highest BCUT2D eigenvalue weighted by molar-refractivity contribution is 7.98. The Morgan fingerprint density at radius 3 is 2.77 bits per heavy atom. The van der Waals surface area contributed by atoms with Gasteiger partial charge in [0.15, 0.2) is 10.9 Å².